The number of hydrogen-bond donors (Lipinski definition) is 2. The van der Waals surface area contributed by atoms with Crippen molar-refractivity contribution < 1.29 is 23.7 Å². The molecule has 13 heteroatoms. The van der Waals surface area contributed by atoms with Crippen LogP contribution in [-0.2, 0) is 12.8 Å². The van der Waals surface area contributed by atoms with Crippen LogP contribution in [0.3, 0.4) is 0 Å². The monoisotopic (exact) mass is 642 g/mol. The first-order valence-electron chi connectivity index (χ1n) is 16.0. The van der Waals surface area contributed by atoms with Crippen molar-refractivity contribution in [3.8, 4) is 34.8 Å². The highest BCUT2D eigenvalue weighted by Crippen LogP contribution is 2.33. The Hall–Kier alpha value is -4.88. The summed E-state index contributed by atoms with van der Waals surface area (Å²) in [6.07, 6.45) is 4.67. The van der Waals surface area contributed by atoms with Gasteiger partial charge in [0.25, 0.3) is 11.8 Å². The Bertz CT molecular complexity index is 1480. The van der Waals surface area contributed by atoms with Gasteiger partial charge in [-0.1, -0.05) is 12.1 Å². The van der Waals surface area contributed by atoms with Gasteiger partial charge in [0.2, 0.25) is 0 Å². The molecule has 4 aromatic rings. The Morgan fingerprint density at radius 2 is 1.04 bits per heavy atom. The van der Waals surface area contributed by atoms with E-state index in [0.717, 1.165) is 86.7 Å². The minimum Gasteiger partial charge on any atom is -0.497 e. The van der Waals surface area contributed by atoms with Crippen LogP contribution in [0.15, 0.2) is 60.9 Å². The summed E-state index contributed by atoms with van der Waals surface area (Å²) in [5, 5.41) is 6.82. The molecule has 0 spiro atoms. The Morgan fingerprint density at radius 1 is 0.617 bits per heavy atom. The first-order chi connectivity index (χ1) is 23.2. The Balaban J connectivity index is 1.19. The van der Waals surface area contributed by atoms with E-state index < -0.39 is 0 Å². The molecule has 2 aromatic carbocycles. The molecule has 2 saturated heterocycles. The van der Waals surface area contributed by atoms with Crippen molar-refractivity contribution in [1.29, 1.82) is 0 Å². The number of ether oxygens (including phenoxy) is 5. The summed E-state index contributed by atoms with van der Waals surface area (Å²) in [5.41, 5.74) is 1.63. The minimum atomic E-state index is 0.407. The third kappa shape index (κ3) is 8.69. The van der Waals surface area contributed by atoms with Crippen LogP contribution in [0.25, 0.3) is 0 Å². The number of hydrogen-bond acceptors (Lipinski definition) is 13. The van der Waals surface area contributed by atoms with Gasteiger partial charge in [-0.3, -0.25) is 0 Å². The zero-order valence-corrected chi connectivity index (χ0v) is 27.0. The maximum absolute atomic E-state index is 6.49. The van der Waals surface area contributed by atoms with Crippen LogP contribution < -0.4 is 44.1 Å². The molecule has 0 unspecified atom stereocenters. The van der Waals surface area contributed by atoms with Gasteiger partial charge in [0, 0.05) is 77.3 Å². The lowest BCUT2D eigenvalue weighted by Crippen LogP contribution is -2.44. The van der Waals surface area contributed by atoms with Gasteiger partial charge in [0.05, 0.1) is 51.2 Å². The Morgan fingerprint density at radius 3 is 1.47 bits per heavy atom. The molecule has 0 amide bonds. The van der Waals surface area contributed by atoms with Gasteiger partial charge in [0.15, 0.2) is 11.6 Å². The normalized spacial score (nSPS) is 14.9. The van der Waals surface area contributed by atoms with Gasteiger partial charge in [-0.25, -0.2) is 19.9 Å². The molecule has 2 aromatic heterocycles. The van der Waals surface area contributed by atoms with E-state index >= 15 is 0 Å². The number of aromatic nitrogens is 4. The number of nitrogens with zero attached hydrogens (tertiary/aromatic N) is 6. The van der Waals surface area contributed by atoms with Crippen LogP contribution in [-0.4, -0.2) is 99.7 Å². The molecular weight excluding hydrogens is 600 g/mol. The van der Waals surface area contributed by atoms with Gasteiger partial charge in [-0.15, -0.1) is 0 Å². The topological polar surface area (TPSA) is 128 Å². The number of nitrogens with one attached hydrogen (secondary N) is 2. The van der Waals surface area contributed by atoms with Crippen molar-refractivity contribution in [1.82, 2.24) is 30.6 Å². The molecule has 2 N–H and O–H groups in total. The lowest BCUT2D eigenvalue weighted by molar-refractivity contribution is 0.317. The zero-order chi connectivity index (χ0) is 32.3. The summed E-state index contributed by atoms with van der Waals surface area (Å²) >= 11 is 0. The van der Waals surface area contributed by atoms with Crippen LogP contribution in [0.2, 0.25) is 0 Å². The maximum atomic E-state index is 6.49. The van der Waals surface area contributed by atoms with Crippen molar-refractivity contribution in [2.24, 2.45) is 0 Å². The van der Waals surface area contributed by atoms with Crippen molar-refractivity contribution in [2.75, 3.05) is 89.6 Å². The number of methoxy groups -OCH3 is 2. The average molecular weight is 643 g/mol. The van der Waals surface area contributed by atoms with E-state index in [1.165, 1.54) is 0 Å². The van der Waals surface area contributed by atoms with E-state index in [2.05, 4.69) is 20.4 Å². The summed E-state index contributed by atoms with van der Waals surface area (Å²) in [6, 6.07) is 15.1. The average Bonchev–Trinajstić information content (AvgIpc) is 3.13. The standard InChI is InChI=1S/C34H42N8O5/c1-43-27-5-3-7-29(21-27)45-19-9-25-23-37-33(31(39-25)41-15-11-35-12-16-41)47-34-32(42-17-13-36-14-18-42)40-26(24-38-34)10-20-46-30-8-4-6-28(22-30)44-2/h3-8,21-24,35-36H,9-20H2,1-2H3. The first-order valence-corrected chi connectivity index (χ1v) is 16.0. The van der Waals surface area contributed by atoms with Gasteiger partial charge >= 0.3 is 0 Å². The molecule has 248 valence electrons. The highest BCUT2D eigenvalue weighted by atomic mass is 16.5. The highest BCUT2D eigenvalue weighted by molar-refractivity contribution is 5.55. The SMILES string of the molecule is COc1cccc(OCCc2cnc(Oc3ncc(CCOc4cccc(OC)c4)nc3N3CCNCC3)c(N3CCNCC3)n2)c1. The van der Waals surface area contributed by atoms with E-state index in [1.54, 1.807) is 26.6 Å². The van der Waals surface area contributed by atoms with E-state index in [4.69, 9.17) is 43.6 Å². The zero-order valence-electron chi connectivity index (χ0n) is 27.0. The molecule has 0 atom stereocenters. The molecule has 13 nitrogen and oxygen atoms in total. The number of piperazine rings is 2. The smallest absolute Gasteiger partial charge is 0.264 e. The molecule has 47 heavy (non-hydrogen) atoms. The van der Waals surface area contributed by atoms with E-state index in [9.17, 15) is 0 Å². The van der Waals surface area contributed by atoms with E-state index in [-0.39, 0.29) is 0 Å². The van der Waals surface area contributed by atoms with Crippen LogP contribution in [0.5, 0.6) is 34.8 Å². The predicted octanol–water partition coefficient (Wildman–Crippen LogP) is 3.14. The van der Waals surface area contributed by atoms with Crippen LogP contribution >= 0.6 is 0 Å². The lowest BCUT2D eigenvalue weighted by atomic mass is 10.3. The van der Waals surface area contributed by atoms with Crippen LogP contribution in [0, 0.1) is 0 Å². The number of anilines is 2. The molecule has 4 heterocycles. The lowest BCUT2D eigenvalue weighted by Gasteiger charge is -2.31. The summed E-state index contributed by atoms with van der Waals surface area (Å²) in [6.45, 7) is 7.45. The fourth-order valence-electron chi connectivity index (χ4n) is 5.38. The maximum Gasteiger partial charge on any atom is 0.264 e. The van der Waals surface area contributed by atoms with Crippen molar-refractivity contribution >= 4 is 11.6 Å². The van der Waals surface area contributed by atoms with Gasteiger partial charge in [-0.05, 0) is 24.3 Å². The molecule has 0 aliphatic carbocycles. The van der Waals surface area contributed by atoms with Crippen molar-refractivity contribution in [3.05, 3.63) is 72.3 Å². The largest absolute Gasteiger partial charge is 0.497 e. The van der Waals surface area contributed by atoms with Gasteiger partial charge in [0.1, 0.15) is 23.0 Å². The van der Waals surface area contributed by atoms with Gasteiger partial charge in [-0.2, -0.15) is 0 Å². The second-order valence-electron chi connectivity index (χ2n) is 11.1. The highest BCUT2D eigenvalue weighted by Gasteiger charge is 2.24. The molecule has 2 aliphatic heterocycles. The minimum absolute atomic E-state index is 0.407. The first kappa shape index (κ1) is 32.1. The molecule has 0 bridgehead atoms. The summed E-state index contributed by atoms with van der Waals surface area (Å²) < 4.78 is 29.1. The summed E-state index contributed by atoms with van der Waals surface area (Å²) in [4.78, 5) is 23.9. The molecule has 0 saturated carbocycles. The Labute approximate surface area is 275 Å². The van der Waals surface area contributed by atoms with Gasteiger partial charge < -0.3 is 44.1 Å². The third-order valence-corrected chi connectivity index (χ3v) is 7.91. The fourth-order valence-corrected chi connectivity index (χ4v) is 5.38. The molecule has 6 rings (SSSR count). The van der Waals surface area contributed by atoms with Crippen molar-refractivity contribution in [3.63, 3.8) is 0 Å². The summed E-state index contributed by atoms with van der Waals surface area (Å²) in [5.74, 6) is 5.19. The number of benzene rings is 2. The predicted molar refractivity (Wildman–Crippen MR) is 179 cm³/mol. The number of rotatable bonds is 14. The van der Waals surface area contributed by atoms with E-state index in [0.29, 0.717) is 49.5 Å². The molecule has 0 radical (unpaired) electrons. The van der Waals surface area contributed by atoms with Crippen molar-refractivity contribution in [2.45, 2.75) is 12.8 Å². The molecule has 2 fully saturated rings. The summed E-state index contributed by atoms with van der Waals surface area (Å²) in [7, 11) is 3.28. The van der Waals surface area contributed by atoms with Crippen LogP contribution in [0.1, 0.15) is 11.4 Å². The fraction of sp³-hybridized carbons (Fsp3) is 0.412. The van der Waals surface area contributed by atoms with E-state index in [1.807, 2.05) is 48.5 Å². The quantitative estimate of drug-likeness (QED) is 0.209. The third-order valence-electron chi connectivity index (χ3n) is 7.91. The Kier molecular flexibility index (Phi) is 11.0. The molecule has 2 aliphatic rings. The second kappa shape index (κ2) is 16.1. The second-order valence-corrected chi connectivity index (χ2v) is 11.1. The molecular formula is C34H42N8O5. The van der Waals surface area contributed by atoms with Crippen LogP contribution in [0.4, 0.5) is 11.6 Å².